The minimum Gasteiger partial charge on any atom is -0.497 e. The molecule has 1 saturated heterocycles. The number of carbonyl (C=O) groups is 2. The highest BCUT2D eigenvalue weighted by molar-refractivity contribution is 6.07. The number of aryl methyl sites for hydroxylation is 2. The molecule has 7 nitrogen and oxygen atoms in total. The van der Waals surface area contributed by atoms with Gasteiger partial charge in [0.05, 0.1) is 27.9 Å². The first kappa shape index (κ1) is 20.1. The second-order valence-electron chi connectivity index (χ2n) is 7.74. The van der Waals surface area contributed by atoms with Crippen molar-refractivity contribution >= 4 is 11.9 Å². The highest BCUT2D eigenvalue weighted by Crippen LogP contribution is 2.42. The van der Waals surface area contributed by atoms with E-state index in [4.69, 9.17) is 14.2 Å². The minimum atomic E-state index is -1.01. The molecule has 0 unspecified atom stereocenters. The van der Waals surface area contributed by atoms with E-state index in [1.165, 1.54) is 4.90 Å². The first-order valence-corrected chi connectivity index (χ1v) is 9.96. The molecule has 0 aromatic heterocycles. The molecule has 1 atom stereocenters. The molecule has 7 heteroatoms. The molecule has 30 heavy (non-hydrogen) atoms. The third kappa shape index (κ3) is 3.05. The summed E-state index contributed by atoms with van der Waals surface area (Å²) in [6.07, 6.45) is 2.25. The number of hydrogen-bond donors (Lipinski definition) is 1. The van der Waals surface area contributed by atoms with Crippen LogP contribution in [0.3, 0.4) is 0 Å². The zero-order valence-corrected chi connectivity index (χ0v) is 17.7. The molecule has 0 bridgehead atoms. The lowest BCUT2D eigenvalue weighted by Gasteiger charge is -2.33. The number of nitrogens with one attached hydrogen (secondary N) is 1. The number of hydrogen-bond acceptors (Lipinski definition) is 5. The quantitative estimate of drug-likeness (QED) is 0.766. The number of benzene rings is 2. The first-order chi connectivity index (χ1) is 14.4. The van der Waals surface area contributed by atoms with Crippen LogP contribution >= 0.6 is 0 Å². The molecule has 0 saturated carbocycles. The monoisotopic (exact) mass is 410 g/mol. The summed E-state index contributed by atoms with van der Waals surface area (Å²) in [5.41, 5.74) is 2.64. The molecule has 1 aliphatic heterocycles. The Bertz CT molecular complexity index is 1020. The van der Waals surface area contributed by atoms with Crippen molar-refractivity contribution in [2.24, 2.45) is 0 Å². The van der Waals surface area contributed by atoms with Gasteiger partial charge in [-0.2, -0.15) is 0 Å². The van der Waals surface area contributed by atoms with Crippen LogP contribution in [-0.2, 0) is 23.3 Å². The Hall–Kier alpha value is -3.22. The van der Waals surface area contributed by atoms with E-state index in [-0.39, 0.29) is 18.5 Å². The van der Waals surface area contributed by atoms with E-state index in [1.807, 2.05) is 37.3 Å². The van der Waals surface area contributed by atoms with Crippen LogP contribution < -0.4 is 19.5 Å². The fourth-order valence-electron chi connectivity index (χ4n) is 4.48. The summed E-state index contributed by atoms with van der Waals surface area (Å²) < 4.78 is 16.1. The van der Waals surface area contributed by atoms with Crippen LogP contribution in [0.5, 0.6) is 17.2 Å². The lowest BCUT2D eigenvalue weighted by molar-refractivity contribution is -0.132. The topological polar surface area (TPSA) is 77.1 Å². The number of methoxy groups -OCH3 is 3. The maximum atomic E-state index is 13.6. The van der Waals surface area contributed by atoms with Gasteiger partial charge < -0.3 is 19.5 Å². The number of nitrogens with zero attached hydrogens (tertiary/aromatic N) is 1. The standard InChI is InChI=1S/C23H26N2O5/c1-14-10-19(29-3)20(30-4)12-16(14)13-25-21(26)23(24-22(25)27)9-5-6-15-11-17(28-2)7-8-18(15)23/h7-8,10-12H,5-6,9,13H2,1-4H3,(H,24,27)/t23-/m1/s1. The average Bonchev–Trinajstić information content (AvgIpc) is 2.99. The lowest BCUT2D eigenvalue weighted by Crippen LogP contribution is -2.46. The van der Waals surface area contributed by atoms with Crippen LogP contribution in [0, 0.1) is 6.92 Å². The van der Waals surface area contributed by atoms with Crippen LogP contribution in [0.2, 0.25) is 0 Å². The summed E-state index contributed by atoms with van der Waals surface area (Å²) in [6.45, 7) is 2.10. The minimum absolute atomic E-state index is 0.171. The number of imide groups is 1. The van der Waals surface area contributed by atoms with Gasteiger partial charge in [0.15, 0.2) is 11.5 Å². The maximum Gasteiger partial charge on any atom is 0.325 e. The first-order valence-electron chi connectivity index (χ1n) is 9.96. The SMILES string of the molecule is COc1ccc2c(c1)CCC[C@@]21NC(=O)N(Cc2cc(OC)c(OC)cc2C)C1=O. The van der Waals surface area contributed by atoms with Crippen molar-refractivity contribution in [3.63, 3.8) is 0 Å². The molecule has 1 aliphatic carbocycles. The zero-order chi connectivity index (χ0) is 21.5. The van der Waals surface area contributed by atoms with Gasteiger partial charge in [-0.25, -0.2) is 4.79 Å². The zero-order valence-electron chi connectivity index (χ0n) is 17.7. The molecule has 2 aromatic carbocycles. The molecule has 0 radical (unpaired) electrons. The van der Waals surface area contributed by atoms with Crippen LogP contribution in [0.25, 0.3) is 0 Å². The van der Waals surface area contributed by atoms with Gasteiger partial charge in [0.2, 0.25) is 0 Å². The van der Waals surface area contributed by atoms with E-state index in [9.17, 15) is 9.59 Å². The number of urea groups is 1. The summed E-state index contributed by atoms with van der Waals surface area (Å²) in [5, 5.41) is 2.99. The van der Waals surface area contributed by atoms with E-state index >= 15 is 0 Å². The van der Waals surface area contributed by atoms with Gasteiger partial charge >= 0.3 is 6.03 Å². The third-order valence-electron chi connectivity index (χ3n) is 6.12. The van der Waals surface area contributed by atoms with Crippen molar-refractivity contribution in [3.8, 4) is 17.2 Å². The van der Waals surface area contributed by atoms with Crippen molar-refractivity contribution in [1.82, 2.24) is 10.2 Å². The molecule has 2 aromatic rings. The van der Waals surface area contributed by atoms with Crippen molar-refractivity contribution in [1.29, 1.82) is 0 Å². The number of carbonyl (C=O) groups excluding carboxylic acids is 2. The number of ether oxygens (including phenoxy) is 3. The summed E-state index contributed by atoms with van der Waals surface area (Å²) >= 11 is 0. The fourth-order valence-corrected chi connectivity index (χ4v) is 4.48. The van der Waals surface area contributed by atoms with E-state index in [1.54, 1.807) is 21.3 Å². The predicted molar refractivity (Wildman–Crippen MR) is 111 cm³/mol. The molecule has 2 aliphatic rings. The Labute approximate surface area is 175 Å². The largest absolute Gasteiger partial charge is 0.497 e. The van der Waals surface area contributed by atoms with E-state index in [2.05, 4.69) is 5.32 Å². The van der Waals surface area contributed by atoms with Crippen molar-refractivity contribution in [2.45, 2.75) is 38.3 Å². The van der Waals surface area contributed by atoms with Gasteiger partial charge in [0.25, 0.3) is 5.91 Å². The van der Waals surface area contributed by atoms with Crippen LogP contribution in [0.1, 0.15) is 35.1 Å². The summed E-state index contributed by atoms with van der Waals surface area (Å²) in [6, 6.07) is 8.99. The summed E-state index contributed by atoms with van der Waals surface area (Å²) in [7, 11) is 4.76. The average molecular weight is 410 g/mol. The second-order valence-corrected chi connectivity index (χ2v) is 7.74. The van der Waals surface area contributed by atoms with Crippen molar-refractivity contribution < 1.29 is 23.8 Å². The highest BCUT2D eigenvalue weighted by atomic mass is 16.5. The van der Waals surface area contributed by atoms with Gasteiger partial charge in [-0.1, -0.05) is 6.07 Å². The second kappa shape index (κ2) is 7.55. The predicted octanol–water partition coefficient (Wildman–Crippen LogP) is 3.30. The molecule has 158 valence electrons. The lowest BCUT2D eigenvalue weighted by atomic mass is 9.76. The Kier molecular flexibility index (Phi) is 5.05. The smallest absolute Gasteiger partial charge is 0.325 e. The van der Waals surface area contributed by atoms with Gasteiger partial charge in [0, 0.05) is 0 Å². The van der Waals surface area contributed by atoms with Gasteiger partial charge in [-0.3, -0.25) is 9.69 Å². The number of fused-ring (bicyclic) bond motifs is 2. The van der Waals surface area contributed by atoms with Crippen molar-refractivity contribution in [3.05, 3.63) is 52.6 Å². The van der Waals surface area contributed by atoms with Crippen molar-refractivity contribution in [2.75, 3.05) is 21.3 Å². The molecule has 1 heterocycles. The molecule has 1 spiro atoms. The number of rotatable bonds is 5. The molecule has 1 N–H and O–H groups in total. The molecule has 1 fully saturated rings. The van der Waals surface area contributed by atoms with Crippen LogP contribution in [-0.4, -0.2) is 38.2 Å². The fraction of sp³-hybridized carbons (Fsp3) is 0.391. The summed E-state index contributed by atoms with van der Waals surface area (Å²) in [5.74, 6) is 1.71. The van der Waals surface area contributed by atoms with Gasteiger partial charge in [-0.05, 0) is 72.7 Å². The summed E-state index contributed by atoms with van der Waals surface area (Å²) in [4.78, 5) is 27.8. The molecule has 4 rings (SSSR count). The van der Waals surface area contributed by atoms with E-state index in [0.29, 0.717) is 17.9 Å². The number of amides is 3. The Morgan fingerprint density at radius 2 is 1.77 bits per heavy atom. The Balaban J connectivity index is 1.68. The van der Waals surface area contributed by atoms with Gasteiger partial charge in [-0.15, -0.1) is 0 Å². The highest BCUT2D eigenvalue weighted by Gasteiger charge is 2.54. The Morgan fingerprint density at radius 1 is 1.03 bits per heavy atom. The van der Waals surface area contributed by atoms with Crippen LogP contribution in [0.15, 0.2) is 30.3 Å². The van der Waals surface area contributed by atoms with Gasteiger partial charge in [0.1, 0.15) is 11.3 Å². The Morgan fingerprint density at radius 3 is 2.47 bits per heavy atom. The van der Waals surface area contributed by atoms with E-state index in [0.717, 1.165) is 40.8 Å². The normalized spacial score (nSPS) is 20.2. The maximum absolute atomic E-state index is 13.6. The molecular weight excluding hydrogens is 384 g/mol. The molecular formula is C23H26N2O5. The third-order valence-corrected chi connectivity index (χ3v) is 6.12. The molecule has 3 amide bonds. The van der Waals surface area contributed by atoms with Crippen LogP contribution in [0.4, 0.5) is 4.79 Å². The van der Waals surface area contributed by atoms with E-state index < -0.39 is 5.54 Å².